The molecule has 4 aromatic carbocycles. The van der Waals surface area contributed by atoms with Crippen LogP contribution in [-0.4, -0.2) is 37.0 Å². The van der Waals surface area contributed by atoms with Crippen LogP contribution < -0.4 is 11.1 Å². The van der Waals surface area contributed by atoms with Crippen molar-refractivity contribution in [2.45, 2.75) is 9.79 Å². The van der Waals surface area contributed by atoms with Crippen molar-refractivity contribution < 1.29 is 35.8 Å². The third-order valence-corrected chi connectivity index (χ3v) is 6.93. The van der Waals surface area contributed by atoms with Gasteiger partial charge in [-0.15, -0.1) is 10.2 Å². The van der Waals surface area contributed by atoms with Crippen molar-refractivity contribution in [1.82, 2.24) is 0 Å². The zero-order valence-electron chi connectivity index (χ0n) is 18.6. The number of azo groups is 1. The lowest BCUT2D eigenvalue weighted by Gasteiger charge is -2.10. The molecular formula is C23H18N4O8S2. The number of nitrogens with zero attached hydrogens (tertiary/aromatic N) is 2. The van der Waals surface area contributed by atoms with E-state index >= 15 is 0 Å². The average Bonchev–Trinajstić information content (AvgIpc) is 2.83. The van der Waals surface area contributed by atoms with Gasteiger partial charge < -0.3 is 16.2 Å². The van der Waals surface area contributed by atoms with Gasteiger partial charge in [0, 0.05) is 16.6 Å². The van der Waals surface area contributed by atoms with E-state index in [0.717, 1.165) is 24.3 Å². The lowest BCUT2D eigenvalue weighted by atomic mass is 10.1. The summed E-state index contributed by atoms with van der Waals surface area (Å²) in [6, 6.07) is 16.4. The Kier molecular flexibility index (Phi) is 6.66. The second kappa shape index (κ2) is 9.59. The van der Waals surface area contributed by atoms with Gasteiger partial charge in [0.05, 0.1) is 10.6 Å². The molecule has 0 bridgehead atoms. The molecule has 1 amide bonds. The number of aromatic hydroxyl groups is 1. The number of phenols is 1. The maximum Gasteiger partial charge on any atom is 0.296 e. The Labute approximate surface area is 210 Å². The number of fused-ring (bicyclic) bond motifs is 1. The number of nitrogens with one attached hydrogen (secondary N) is 1. The molecule has 0 aliphatic rings. The lowest BCUT2D eigenvalue weighted by Crippen LogP contribution is -2.11. The molecule has 0 unspecified atom stereocenters. The Morgan fingerprint density at radius 2 is 1.54 bits per heavy atom. The number of hydrogen-bond acceptors (Lipinski definition) is 9. The Morgan fingerprint density at radius 3 is 2.19 bits per heavy atom. The average molecular weight is 543 g/mol. The van der Waals surface area contributed by atoms with Crippen molar-refractivity contribution in [1.29, 1.82) is 0 Å². The second-order valence-corrected chi connectivity index (χ2v) is 10.5. The highest BCUT2D eigenvalue weighted by Gasteiger charge is 2.19. The van der Waals surface area contributed by atoms with E-state index in [1.165, 1.54) is 18.2 Å². The molecule has 12 nitrogen and oxygen atoms in total. The van der Waals surface area contributed by atoms with Crippen LogP contribution in [0.25, 0.3) is 10.8 Å². The first-order valence-electron chi connectivity index (χ1n) is 10.3. The largest absolute Gasteiger partial charge is 0.505 e. The van der Waals surface area contributed by atoms with E-state index in [1.54, 1.807) is 30.3 Å². The van der Waals surface area contributed by atoms with Gasteiger partial charge in [-0.2, -0.15) is 16.8 Å². The molecule has 0 heterocycles. The molecule has 37 heavy (non-hydrogen) atoms. The van der Waals surface area contributed by atoms with Gasteiger partial charge in [-0.3, -0.25) is 13.9 Å². The molecule has 4 rings (SSSR count). The number of carbonyl (C=O) groups excluding carboxylic acids is 1. The van der Waals surface area contributed by atoms with E-state index in [1.807, 2.05) is 0 Å². The number of nitrogens with two attached hydrogens (primary N) is 1. The number of hydrogen-bond donors (Lipinski definition) is 5. The van der Waals surface area contributed by atoms with Gasteiger partial charge in [0.1, 0.15) is 10.6 Å². The molecular weight excluding hydrogens is 524 g/mol. The van der Waals surface area contributed by atoms with E-state index in [0.29, 0.717) is 10.9 Å². The van der Waals surface area contributed by atoms with Crippen molar-refractivity contribution in [3.05, 3.63) is 78.4 Å². The summed E-state index contributed by atoms with van der Waals surface area (Å²) in [6.07, 6.45) is 0. The molecule has 0 fully saturated rings. The zero-order chi connectivity index (χ0) is 27.0. The van der Waals surface area contributed by atoms with Gasteiger partial charge in [0.2, 0.25) is 0 Å². The van der Waals surface area contributed by atoms with Crippen LogP contribution in [0, 0.1) is 0 Å². The minimum Gasteiger partial charge on any atom is -0.505 e. The van der Waals surface area contributed by atoms with E-state index in [-0.39, 0.29) is 28.1 Å². The molecule has 6 N–H and O–H groups in total. The number of carbonyl (C=O) groups is 1. The third kappa shape index (κ3) is 5.57. The van der Waals surface area contributed by atoms with E-state index in [9.17, 15) is 35.8 Å². The molecule has 0 aliphatic carbocycles. The summed E-state index contributed by atoms with van der Waals surface area (Å²) in [5.41, 5.74) is 5.61. The summed E-state index contributed by atoms with van der Waals surface area (Å²) >= 11 is 0. The van der Waals surface area contributed by atoms with Crippen LogP contribution in [0.2, 0.25) is 0 Å². The van der Waals surface area contributed by atoms with E-state index < -0.39 is 41.7 Å². The third-order valence-electron chi connectivity index (χ3n) is 5.17. The predicted octanol–water partition coefficient (Wildman–Crippen LogP) is 4.29. The van der Waals surface area contributed by atoms with Crippen molar-refractivity contribution >= 4 is 59.7 Å². The van der Waals surface area contributed by atoms with Gasteiger partial charge in [-0.25, -0.2) is 0 Å². The molecule has 0 atom stereocenters. The Balaban J connectivity index is 1.78. The van der Waals surface area contributed by atoms with Gasteiger partial charge in [-0.1, -0.05) is 24.3 Å². The van der Waals surface area contributed by atoms with Crippen molar-refractivity contribution in [3.8, 4) is 5.75 Å². The standard InChI is InChI=1S/C23H18N4O8S2/c24-18-10-14-6-8-16(36(30,31)32)12-17(14)22(28)21(18)27-26-19-11-15(7-9-20(19)37(33,34)35)25-23(29)13-4-2-1-3-5-13/h1-12,28H,24H2,(H,25,29)(H,30,31,32)(H,33,34,35). The molecule has 0 radical (unpaired) electrons. The normalized spacial score (nSPS) is 12.2. The molecule has 0 saturated carbocycles. The first-order chi connectivity index (χ1) is 17.3. The SMILES string of the molecule is Nc1cc2ccc(S(=O)(=O)O)cc2c(O)c1N=Nc1cc(NC(=O)c2ccccc2)ccc1S(=O)(=O)O. The predicted molar refractivity (Wildman–Crippen MR) is 135 cm³/mol. The van der Waals surface area contributed by atoms with Crippen LogP contribution in [0.4, 0.5) is 22.7 Å². The maximum absolute atomic E-state index is 12.5. The number of rotatable bonds is 6. The van der Waals surface area contributed by atoms with Gasteiger partial charge in [0.15, 0.2) is 11.4 Å². The minimum atomic E-state index is -4.77. The van der Waals surface area contributed by atoms with Crippen LogP contribution >= 0.6 is 0 Å². The first kappa shape index (κ1) is 25.7. The highest BCUT2D eigenvalue weighted by molar-refractivity contribution is 7.86. The summed E-state index contributed by atoms with van der Waals surface area (Å²) in [6.45, 7) is 0. The molecule has 190 valence electrons. The number of nitrogen functional groups attached to an aromatic ring is 1. The lowest BCUT2D eigenvalue weighted by molar-refractivity contribution is 0.102. The summed E-state index contributed by atoms with van der Waals surface area (Å²) in [4.78, 5) is 11.3. The Bertz CT molecular complexity index is 1790. The summed E-state index contributed by atoms with van der Waals surface area (Å²) in [7, 11) is -9.34. The quantitative estimate of drug-likeness (QED) is 0.133. The number of benzene rings is 4. The fourth-order valence-corrected chi connectivity index (χ4v) is 4.53. The van der Waals surface area contributed by atoms with E-state index in [2.05, 4.69) is 15.5 Å². The van der Waals surface area contributed by atoms with Crippen LogP contribution in [0.15, 0.2) is 92.8 Å². The number of anilines is 2. The van der Waals surface area contributed by atoms with Crippen LogP contribution in [-0.2, 0) is 20.2 Å². The number of phenolic OH excluding ortho intramolecular Hbond substituents is 1. The number of amides is 1. The zero-order valence-corrected chi connectivity index (χ0v) is 20.2. The molecule has 14 heteroatoms. The van der Waals surface area contributed by atoms with Crippen molar-refractivity contribution in [2.24, 2.45) is 10.2 Å². The first-order valence-corrected chi connectivity index (χ1v) is 13.1. The van der Waals surface area contributed by atoms with Crippen molar-refractivity contribution in [3.63, 3.8) is 0 Å². The topological polar surface area (TPSA) is 209 Å². The Hall–Kier alpha value is -4.37. The molecule has 0 spiro atoms. The second-order valence-electron chi connectivity index (χ2n) is 7.70. The van der Waals surface area contributed by atoms with Crippen LogP contribution in [0.5, 0.6) is 5.75 Å². The van der Waals surface area contributed by atoms with Gasteiger partial charge in [-0.05, 0) is 53.9 Å². The van der Waals surface area contributed by atoms with Gasteiger partial charge in [0.25, 0.3) is 26.1 Å². The maximum atomic E-state index is 12.5. The Morgan fingerprint density at radius 1 is 0.838 bits per heavy atom. The van der Waals surface area contributed by atoms with Crippen LogP contribution in [0.1, 0.15) is 10.4 Å². The summed E-state index contributed by atoms with van der Waals surface area (Å²) in [5, 5.41) is 21.2. The fourth-order valence-electron chi connectivity index (χ4n) is 3.42. The molecule has 4 aromatic rings. The molecule has 0 saturated heterocycles. The monoisotopic (exact) mass is 542 g/mol. The highest BCUT2D eigenvalue weighted by Crippen LogP contribution is 2.42. The molecule has 0 aliphatic heterocycles. The minimum absolute atomic E-state index is 0.0304. The molecule has 0 aromatic heterocycles. The summed E-state index contributed by atoms with van der Waals surface area (Å²) < 4.78 is 65.6. The summed E-state index contributed by atoms with van der Waals surface area (Å²) in [5.74, 6) is -1.08. The van der Waals surface area contributed by atoms with Crippen LogP contribution in [0.3, 0.4) is 0 Å². The van der Waals surface area contributed by atoms with E-state index in [4.69, 9.17) is 5.73 Å². The fraction of sp³-hybridized carbons (Fsp3) is 0. The smallest absolute Gasteiger partial charge is 0.296 e. The highest BCUT2D eigenvalue weighted by atomic mass is 32.2. The van der Waals surface area contributed by atoms with Gasteiger partial charge >= 0.3 is 0 Å². The van der Waals surface area contributed by atoms with Crippen molar-refractivity contribution in [2.75, 3.05) is 11.1 Å².